The van der Waals surface area contributed by atoms with Crippen LogP contribution in [0.4, 0.5) is 0 Å². The van der Waals surface area contributed by atoms with Crippen molar-refractivity contribution < 1.29 is 9.90 Å². The number of aliphatic hydroxyl groups is 1. The second-order valence-corrected chi connectivity index (χ2v) is 5.75. The van der Waals surface area contributed by atoms with Crippen LogP contribution in [0.1, 0.15) is 58.3 Å². The van der Waals surface area contributed by atoms with E-state index in [9.17, 15) is 9.90 Å². The van der Waals surface area contributed by atoms with Gasteiger partial charge in [-0.1, -0.05) is 11.6 Å². The lowest BCUT2D eigenvalue weighted by atomic mass is 9.96. The topological polar surface area (TPSA) is 40.5 Å². The minimum Gasteiger partial charge on any atom is -0.393 e. The molecule has 1 heterocycles. The zero-order valence-corrected chi connectivity index (χ0v) is 11.4. The van der Waals surface area contributed by atoms with Crippen LogP contribution in [0.15, 0.2) is 11.6 Å². The van der Waals surface area contributed by atoms with Gasteiger partial charge in [-0.05, 0) is 51.9 Å². The van der Waals surface area contributed by atoms with Crippen LogP contribution in [0.2, 0.25) is 0 Å². The summed E-state index contributed by atoms with van der Waals surface area (Å²) in [7, 11) is 0. The first-order valence-corrected chi connectivity index (χ1v) is 7.32. The van der Waals surface area contributed by atoms with Crippen LogP contribution >= 0.6 is 0 Å². The highest BCUT2D eigenvalue weighted by atomic mass is 16.3. The molecule has 0 bridgehead atoms. The SMILES string of the molecule is C[C@@H](O)C[C@@H]1CCCN1C(=O)CC1=CCCCC1. The van der Waals surface area contributed by atoms with Gasteiger partial charge in [-0.2, -0.15) is 0 Å². The van der Waals surface area contributed by atoms with E-state index >= 15 is 0 Å². The molecule has 102 valence electrons. The van der Waals surface area contributed by atoms with Crippen LogP contribution in [0, 0.1) is 0 Å². The summed E-state index contributed by atoms with van der Waals surface area (Å²) in [6.45, 7) is 2.69. The van der Waals surface area contributed by atoms with Crippen LogP contribution in [-0.2, 0) is 4.79 Å². The summed E-state index contributed by atoms with van der Waals surface area (Å²) >= 11 is 0. The van der Waals surface area contributed by atoms with E-state index in [2.05, 4.69) is 6.08 Å². The third kappa shape index (κ3) is 3.58. The van der Waals surface area contributed by atoms with Gasteiger partial charge in [0.15, 0.2) is 0 Å². The minimum absolute atomic E-state index is 0.265. The van der Waals surface area contributed by atoms with Gasteiger partial charge in [0.05, 0.1) is 6.10 Å². The predicted molar refractivity (Wildman–Crippen MR) is 72.2 cm³/mol. The maximum Gasteiger partial charge on any atom is 0.226 e. The van der Waals surface area contributed by atoms with E-state index in [4.69, 9.17) is 0 Å². The average molecular weight is 251 g/mol. The molecule has 0 spiro atoms. The Hall–Kier alpha value is -0.830. The predicted octanol–water partition coefficient (Wildman–Crippen LogP) is 2.64. The van der Waals surface area contributed by atoms with Crippen LogP contribution in [-0.4, -0.2) is 34.6 Å². The molecular formula is C15H25NO2. The molecule has 0 unspecified atom stereocenters. The van der Waals surface area contributed by atoms with Gasteiger partial charge >= 0.3 is 0 Å². The highest BCUT2D eigenvalue weighted by Crippen LogP contribution is 2.26. The monoisotopic (exact) mass is 251 g/mol. The van der Waals surface area contributed by atoms with Crippen LogP contribution in [0.25, 0.3) is 0 Å². The van der Waals surface area contributed by atoms with Crippen LogP contribution in [0.3, 0.4) is 0 Å². The Morgan fingerprint density at radius 3 is 3.00 bits per heavy atom. The van der Waals surface area contributed by atoms with Crippen LogP contribution < -0.4 is 0 Å². The molecule has 1 amide bonds. The Kier molecular flexibility index (Phi) is 4.81. The van der Waals surface area contributed by atoms with Gasteiger partial charge in [-0.15, -0.1) is 0 Å². The number of hydrogen-bond acceptors (Lipinski definition) is 2. The van der Waals surface area contributed by atoms with Crippen molar-refractivity contribution in [3.8, 4) is 0 Å². The number of nitrogens with zero attached hydrogens (tertiary/aromatic N) is 1. The van der Waals surface area contributed by atoms with E-state index in [1.165, 1.54) is 18.4 Å². The van der Waals surface area contributed by atoms with E-state index in [1.54, 1.807) is 0 Å². The second kappa shape index (κ2) is 6.37. The number of hydrogen-bond donors (Lipinski definition) is 1. The molecule has 18 heavy (non-hydrogen) atoms. The molecule has 0 aromatic rings. The lowest BCUT2D eigenvalue weighted by molar-refractivity contribution is -0.131. The van der Waals surface area contributed by atoms with Gasteiger partial charge < -0.3 is 10.0 Å². The second-order valence-electron chi connectivity index (χ2n) is 5.75. The minimum atomic E-state index is -0.308. The van der Waals surface area contributed by atoms with Gasteiger partial charge in [0.1, 0.15) is 0 Å². The van der Waals surface area contributed by atoms with Gasteiger partial charge in [0, 0.05) is 19.0 Å². The summed E-state index contributed by atoms with van der Waals surface area (Å²) in [6.07, 6.45) is 10.2. The van der Waals surface area contributed by atoms with Crippen molar-refractivity contribution in [1.29, 1.82) is 0 Å². The number of carbonyl (C=O) groups is 1. The normalized spacial score (nSPS) is 26.0. The van der Waals surface area contributed by atoms with Crippen molar-refractivity contribution in [3.05, 3.63) is 11.6 Å². The number of allylic oxidation sites excluding steroid dienone is 1. The van der Waals surface area contributed by atoms with E-state index < -0.39 is 0 Å². The Labute approximate surface area is 110 Å². The fourth-order valence-corrected chi connectivity index (χ4v) is 3.16. The van der Waals surface area contributed by atoms with E-state index in [0.29, 0.717) is 6.42 Å². The first kappa shape index (κ1) is 13.6. The van der Waals surface area contributed by atoms with Crippen LogP contribution in [0.5, 0.6) is 0 Å². The maximum absolute atomic E-state index is 12.3. The molecule has 0 aromatic carbocycles. The molecule has 3 heteroatoms. The molecule has 2 atom stereocenters. The summed E-state index contributed by atoms with van der Waals surface area (Å²) in [4.78, 5) is 14.3. The Morgan fingerprint density at radius 2 is 2.33 bits per heavy atom. The standard InChI is InChI=1S/C15H25NO2/c1-12(17)10-14-8-5-9-16(14)15(18)11-13-6-3-2-4-7-13/h6,12,14,17H,2-5,7-11H2,1H3/t12-,14+/m1/s1. The molecule has 0 aromatic heterocycles. The molecular weight excluding hydrogens is 226 g/mol. The number of rotatable bonds is 4. The smallest absolute Gasteiger partial charge is 0.226 e. The Morgan fingerprint density at radius 1 is 1.50 bits per heavy atom. The molecule has 1 saturated heterocycles. The van der Waals surface area contributed by atoms with Crippen molar-refractivity contribution in [3.63, 3.8) is 0 Å². The summed E-state index contributed by atoms with van der Waals surface area (Å²) < 4.78 is 0. The molecule has 2 aliphatic rings. The third-order valence-electron chi connectivity index (χ3n) is 4.07. The van der Waals surface area contributed by atoms with E-state index in [-0.39, 0.29) is 18.1 Å². The van der Waals surface area contributed by atoms with E-state index in [0.717, 1.165) is 38.6 Å². The summed E-state index contributed by atoms with van der Waals surface area (Å²) in [5.41, 5.74) is 1.33. The number of aliphatic hydroxyl groups excluding tert-OH is 1. The largest absolute Gasteiger partial charge is 0.393 e. The first-order chi connectivity index (χ1) is 8.66. The Bertz CT molecular complexity index is 322. The number of likely N-dealkylation sites (tertiary alicyclic amines) is 1. The zero-order valence-electron chi connectivity index (χ0n) is 11.4. The number of carbonyl (C=O) groups excluding carboxylic acids is 1. The van der Waals surface area contributed by atoms with Crippen molar-refractivity contribution in [1.82, 2.24) is 4.90 Å². The van der Waals surface area contributed by atoms with Crippen molar-refractivity contribution in [2.45, 2.75) is 70.4 Å². The van der Waals surface area contributed by atoms with Crippen molar-refractivity contribution in [2.24, 2.45) is 0 Å². The van der Waals surface area contributed by atoms with Gasteiger partial charge in [-0.25, -0.2) is 0 Å². The van der Waals surface area contributed by atoms with Gasteiger partial charge in [0.2, 0.25) is 5.91 Å². The molecule has 0 saturated carbocycles. The maximum atomic E-state index is 12.3. The van der Waals surface area contributed by atoms with E-state index in [1.807, 2.05) is 11.8 Å². The fraction of sp³-hybridized carbons (Fsp3) is 0.800. The number of amides is 1. The summed E-state index contributed by atoms with van der Waals surface area (Å²) in [5.74, 6) is 0.270. The summed E-state index contributed by atoms with van der Waals surface area (Å²) in [6, 6.07) is 0.265. The van der Waals surface area contributed by atoms with Crippen molar-refractivity contribution >= 4 is 5.91 Å². The lowest BCUT2D eigenvalue weighted by Crippen LogP contribution is -2.37. The molecule has 1 aliphatic carbocycles. The highest BCUT2D eigenvalue weighted by Gasteiger charge is 2.29. The average Bonchev–Trinajstić information content (AvgIpc) is 2.77. The highest BCUT2D eigenvalue weighted by molar-refractivity contribution is 5.79. The zero-order chi connectivity index (χ0) is 13.0. The summed E-state index contributed by atoms with van der Waals surface area (Å²) in [5, 5.41) is 9.48. The Balaban J connectivity index is 1.89. The molecule has 1 aliphatic heterocycles. The molecule has 2 rings (SSSR count). The quantitative estimate of drug-likeness (QED) is 0.780. The van der Waals surface area contributed by atoms with Gasteiger partial charge in [0.25, 0.3) is 0 Å². The molecule has 1 fully saturated rings. The first-order valence-electron chi connectivity index (χ1n) is 7.32. The van der Waals surface area contributed by atoms with Gasteiger partial charge in [-0.3, -0.25) is 4.79 Å². The lowest BCUT2D eigenvalue weighted by Gasteiger charge is -2.26. The fourth-order valence-electron chi connectivity index (χ4n) is 3.16. The van der Waals surface area contributed by atoms with Crippen molar-refractivity contribution in [2.75, 3.05) is 6.54 Å². The molecule has 1 N–H and O–H groups in total. The molecule has 3 nitrogen and oxygen atoms in total. The molecule has 0 radical (unpaired) electrons. The third-order valence-corrected chi connectivity index (χ3v) is 4.07.